The van der Waals surface area contributed by atoms with Crippen molar-refractivity contribution < 1.29 is 14.3 Å². The summed E-state index contributed by atoms with van der Waals surface area (Å²) < 4.78 is 10.7. The lowest BCUT2D eigenvalue weighted by atomic mass is 10.0. The number of aldehydes is 1. The van der Waals surface area contributed by atoms with Crippen molar-refractivity contribution in [2.75, 3.05) is 14.2 Å². The molecule has 0 atom stereocenters. The molecule has 0 saturated carbocycles. The van der Waals surface area contributed by atoms with Gasteiger partial charge >= 0.3 is 0 Å². The number of ether oxygens (including phenoxy) is 2. The van der Waals surface area contributed by atoms with E-state index in [1.807, 2.05) is 12.1 Å². The zero-order valence-electron chi connectivity index (χ0n) is 12.0. The minimum atomic E-state index is 0.698. The van der Waals surface area contributed by atoms with E-state index in [1.165, 1.54) is 18.4 Å². The maximum Gasteiger partial charge on any atom is 0.163 e. The zero-order chi connectivity index (χ0) is 13.9. The Morgan fingerprint density at radius 2 is 1.74 bits per heavy atom. The fourth-order valence-corrected chi connectivity index (χ4v) is 2.22. The van der Waals surface area contributed by atoms with Crippen LogP contribution in [0.1, 0.15) is 44.1 Å². The van der Waals surface area contributed by atoms with Crippen molar-refractivity contribution in [3.63, 3.8) is 0 Å². The van der Waals surface area contributed by atoms with Gasteiger partial charge in [0.15, 0.2) is 11.5 Å². The highest BCUT2D eigenvalue weighted by Crippen LogP contribution is 2.31. The third-order valence-electron chi connectivity index (χ3n) is 3.25. The van der Waals surface area contributed by atoms with Crippen LogP contribution in [0.25, 0.3) is 0 Å². The Bertz CT molecular complexity index is 374. The zero-order valence-corrected chi connectivity index (χ0v) is 12.0. The number of methoxy groups -OCH3 is 2. The van der Waals surface area contributed by atoms with E-state index in [0.717, 1.165) is 43.5 Å². The van der Waals surface area contributed by atoms with Crippen LogP contribution in [0.15, 0.2) is 18.2 Å². The lowest BCUT2D eigenvalue weighted by molar-refractivity contribution is -0.107. The Hall–Kier alpha value is -1.51. The van der Waals surface area contributed by atoms with Crippen molar-refractivity contribution in [3.8, 4) is 11.5 Å². The van der Waals surface area contributed by atoms with Crippen molar-refractivity contribution in [2.24, 2.45) is 0 Å². The van der Waals surface area contributed by atoms with Gasteiger partial charge in [-0.05, 0) is 30.9 Å². The molecule has 0 spiro atoms. The quantitative estimate of drug-likeness (QED) is 0.476. The van der Waals surface area contributed by atoms with Crippen LogP contribution in [-0.4, -0.2) is 20.5 Å². The van der Waals surface area contributed by atoms with Crippen molar-refractivity contribution in [1.82, 2.24) is 0 Å². The predicted molar refractivity (Wildman–Crippen MR) is 77.0 cm³/mol. The normalized spacial score (nSPS) is 10.2. The third-order valence-corrected chi connectivity index (χ3v) is 3.25. The molecule has 19 heavy (non-hydrogen) atoms. The molecule has 1 aromatic carbocycles. The van der Waals surface area contributed by atoms with Crippen LogP contribution in [0.2, 0.25) is 0 Å². The van der Waals surface area contributed by atoms with E-state index in [1.54, 1.807) is 14.2 Å². The Labute approximate surface area is 115 Å². The van der Waals surface area contributed by atoms with Crippen molar-refractivity contribution in [2.45, 2.75) is 44.9 Å². The van der Waals surface area contributed by atoms with Gasteiger partial charge in [-0.1, -0.05) is 31.4 Å². The fourth-order valence-electron chi connectivity index (χ4n) is 2.22. The molecule has 1 aromatic rings. The van der Waals surface area contributed by atoms with Crippen LogP contribution in [0, 0.1) is 0 Å². The van der Waals surface area contributed by atoms with Gasteiger partial charge in [0.2, 0.25) is 0 Å². The van der Waals surface area contributed by atoms with Crippen LogP contribution in [0.3, 0.4) is 0 Å². The molecule has 3 nitrogen and oxygen atoms in total. The molecule has 0 aromatic heterocycles. The Balaban J connectivity index is 2.34. The Morgan fingerprint density at radius 3 is 2.42 bits per heavy atom. The van der Waals surface area contributed by atoms with Crippen molar-refractivity contribution >= 4 is 6.29 Å². The average molecular weight is 264 g/mol. The first kappa shape index (κ1) is 15.5. The highest BCUT2D eigenvalue weighted by atomic mass is 16.5. The maximum atomic E-state index is 10.2. The average Bonchev–Trinajstić information content (AvgIpc) is 2.45. The highest BCUT2D eigenvalue weighted by Gasteiger charge is 2.08. The monoisotopic (exact) mass is 264 g/mol. The van der Waals surface area contributed by atoms with Gasteiger partial charge in [-0.25, -0.2) is 0 Å². The van der Waals surface area contributed by atoms with Crippen LogP contribution in [0.4, 0.5) is 0 Å². The van der Waals surface area contributed by atoms with Crippen molar-refractivity contribution in [3.05, 3.63) is 23.8 Å². The van der Waals surface area contributed by atoms with E-state index >= 15 is 0 Å². The first-order valence-electron chi connectivity index (χ1n) is 6.97. The molecule has 0 amide bonds. The number of carbonyl (C=O) groups is 1. The van der Waals surface area contributed by atoms with Gasteiger partial charge in [0.25, 0.3) is 0 Å². The van der Waals surface area contributed by atoms with E-state index in [4.69, 9.17) is 9.47 Å². The second kappa shape index (κ2) is 9.42. The second-order valence-electron chi connectivity index (χ2n) is 4.63. The van der Waals surface area contributed by atoms with E-state index < -0.39 is 0 Å². The predicted octanol–water partition coefficient (Wildman–Crippen LogP) is 3.79. The molecular formula is C16H24O3. The topological polar surface area (TPSA) is 35.5 Å². The molecule has 0 fully saturated rings. The molecule has 0 bridgehead atoms. The van der Waals surface area contributed by atoms with E-state index in [2.05, 4.69) is 6.07 Å². The summed E-state index contributed by atoms with van der Waals surface area (Å²) in [6.45, 7) is 0. The number of carbonyl (C=O) groups excluding carboxylic acids is 1. The summed E-state index contributed by atoms with van der Waals surface area (Å²) in [5.74, 6) is 1.65. The summed E-state index contributed by atoms with van der Waals surface area (Å²) in [5, 5.41) is 0. The molecule has 0 unspecified atom stereocenters. The molecule has 106 valence electrons. The molecule has 0 N–H and O–H groups in total. The van der Waals surface area contributed by atoms with Crippen molar-refractivity contribution in [1.29, 1.82) is 0 Å². The van der Waals surface area contributed by atoms with Crippen LogP contribution in [0.5, 0.6) is 11.5 Å². The summed E-state index contributed by atoms with van der Waals surface area (Å²) in [4.78, 5) is 10.2. The molecule has 0 aliphatic rings. The van der Waals surface area contributed by atoms with Crippen LogP contribution in [-0.2, 0) is 11.2 Å². The van der Waals surface area contributed by atoms with Gasteiger partial charge in [0, 0.05) is 6.42 Å². The SMILES string of the molecule is COc1cccc(CCCCCCCC=O)c1OC. The van der Waals surface area contributed by atoms with E-state index in [9.17, 15) is 4.79 Å². The van der Waals surface area contributed by atoms with Gasteiger partial charge in [-0.3, -0.25) is 0 Å². The number of benzene rings is 1. The minimum absolute atomic E-state index is 0.698. The van der Waals surface area contributed by atoms with Crippen LogP contribution < -0.4 is 9.47 Å². The van der Waals surface area contributed by atoms with Gasteiger partial charge in [0.05, 0.1) is 14.2 Å². The molecule has 0 heterocycles. The smallest absolute Gasteiger partial charge is 0.163 e. The van der Waals surface area contributed by atoms with E-state index in [-0.39, 0.29) is 0 Å². The minimum Gasteiger partial charge on any atom is -0.493 e. The summed E-state index contributed by atoms with van der Waals surface area (Å²) in [6.07, 6.45) is 8.41. The van der Waals surface area contributed by atoms with Gasteiger partial charge in [-0.2, -0.15) is 0 Å². The number of unbranched alkanes of at least 4 members (excludes halogenated alkanes) is 5. The molecule has 3 heteroatoms. The largest absolute Gasteiger partial charge is 0.493 e. The lowest BCUT2D eigenvalue weighted by Gasteiger charge is -2.12. The van der Waals surface area contributed by atoms with Gasteiger partial charge < -0.3 is 14.3 Å². The number of para-hydroxylation sites is 1. The van der Waals surface area contributed by atoms with Crippen LogP contribution >= 0.6 is 0 Å². The number of rotatable bonds is 10. The summed E-state index contributed by atoms with van der Waals surface area (Å²) in [7, 11) is 3.34. The van der Waals surface area contributed by atoms with Gasteiger partial charge in [0.1, 0.15) is 6.29 Å². The molecule has 0 saturated heterocycles. The maximum absolute atomic E-state index is 10.2. The van der Waals surface area contributed by atoms with E-state index in [0.29, 0.717) is 6.42 Å². The molecule has 1 rings (SSSR count). The summed E-state index contributed by atoms with van der Waals surface area (Å²) >= 11 is 0. The summed E-state index contributed by atoms with van der Waals surface area (Å²) in [5.41, 5.74) is 1.20. The molecular weight excluding hydrogens is 240 g/mol. The highest BCUT2D eigenvalue weighted by molar-refractivity contribution is 5.49. The van der Waals surface area contributed by atoms with Gasteiger partial charge in [-0.15, -0.1) is 0 Å². The Morgan fingerprint density at radius 1 is 1.00 bits per heavy atom. The standard InChI is InChI=1S/C16H24O3/c1-18-15-12-9-11-14(16(15)19-2)10-7-5-3-4-6-8-13-17/h9,11-13H,3-8,10H2,1-2H3. The molecule has 0 aliphatic heterocycles. The fraction of sp³-hybridized carbons (Fsp3) is 0.562. The molecule has 0 radical (unpaired) electrons. The second-order valence-corrected chi connectivity index (χ2v) is 4.63. The summed E-state index contributed by atoms with van der Waals surface area (Å²) in [6, 6.07) is 6.01. The number of hydrogen-bond acceptors (Lipinski definition) is 3. The first-order valence-corrected chi connectivity index (χ1v) is 6.97. The number of hydrogen-bond donors (Lipinski definition) is 0. The third kappa shape index (κ3) is 5.33. The number of aryl methyl sites for hydroxylation is 1. The first-order chi connectivity index (χ1) is 9.33. The lowest BCUT2D eigenvalue weighted by Crippen LogP contribution is -1.96. The molecule has 0 aliphatic carbocycles. The Kier molecular flexibility index (Phi) is 7.71.